The number of rotatable bonds is 0. The van der Waals surface area contributed by atoms with Crippen LogP contribution in [0, 0.1) is 5.41 Å². The Bertz CT molecular complexity index is 547. The highest BCUT2D eigenvalue weighted by Gasteiger charge is 2.10. The maximum Gasteiger partial charge on any atom is 0.0364 e. The molecule has 62 valence electrons. The van der Waals surface area contributed by atoms with Gasteiger partial charge in [-0.15, -0.1) is 0 Å². The first-order valence-electron chi connectivity index (χ1n) is 4.44. The van der Waals surface area contributed by atoms with Gasteiger partial charge in [0.15, 0.2) is 0 Å². The number of hydrogen-bond acceptors (Lipinski definition) is 1. The van der Waals surface area contributed by atoms with Crippen molar-refractivity contribution in [3.8, 4) is 0 Å². The van der Waals surface area contributed by atoms with E-state index < -0.39 is 0 Å². The van der Waals surface area contributed by atoms with Crippen molar-refractivity contribution < 1.29 is 0 Å². The third-order valence-corrected chi connectivity index (χ3v) is 2.65. The minimum Gasteiger partial charge on any atom is -0.305 e. The maximum absolute atomic E-state index is 7.61. The Labute approximate surface area is 76.2 Å². The Morgan fingerprint density at radius 1 is 1.15 bits per heavy atom. The molecule has 0 heterocycles. The SMILES string of the molecule is N=C1C=c2c(ccc3c2=CC=C3)C1. The lowest BCUT2D eigenvalue weighted by Gasteiger charge is -1.95. The highest BCUT2D eigenvalue weighted by atomic mass is 14.4. The van der Waals surface area contributed by atoms with E-state index in [4.69, 9.17) is 5.41 Å². The van der Waals surface area contributed by atoms with Gasteiger partial charge in [-0.2, -0.15) is 0 Å². The zero-order valence-electron chi connectivity index (χ0n) is 7.17. The van der Waals surface area contributed by atoms with Gasteiger partial charge in [0.2, 0.25) is 0 Å². The van der Waals surface area contributed by atoms with E-state index in [1.165, 1.54) is 21.6 Å². The molecule has 1 nitrogen and oxygen atoms in total. The molecule has 0 bridgehead atoms. The van der Waals surface area contributed by atoms with E-state index >= 15 is 0 Å². The molecule has 0 fully saturated rings. The molecule has 1 aromatic rings. The molecule has 3 rings (SSSR count). The molecule has 1 aromatic carbocycles. The van der Waals surface area contributed by atoms with Gasteiger partial charge in [0.1, 0.15) is 0 Å². The third kappa shape index (κ3) is 0.842. The van der Waals surface area contributed by atoms with Gasteiger partial charge in [0, 0.05) is 12.1 Å². The van der Waals surface area contributed by atoms with Gasteiger partial charge >= 0.3 is 0 Å². The standard InChI is InChI=1S/C12H9N/c13-10-6-9-5-4-8-2-1-3-11(8)12(9)7-10/h1-5,7,13H,6H2. The Morgan fingerprint density at radius 2 is 2.08 bits per heavy atom. The van der Waals surface area contributed by atoms with E-state index in [-0.39, 0.29) is 0 Å². The van der Waals surface area contributed by atoms with Crippen molar-refractivity contribution in [2.45, 2.75) is 6.42 Å². The molecule has 0 radical (unpaired) electrons. The summed E-state index contributed by atoms with van der Waals surface area (Å²) in [4.78, 5) is 0. The molecular weight excluding hydrogens is 158 g/mol. The minimum atomic E-state index is 0.726. The molecule has 0 aromatic heterocycles. The van der Waals surface area contributed by atoms with Crippen LogP contribution in [-0.2, 0) is 6.42 Å². The van der Waals surface area contributed by atoms with Gasteiger partial charge < -0.3 is 5.41 Å². The summed E-state index contributed by atoms with van der Waals surface area (Å²) in [6.45, 7) is 0. The first-order chi connectivity index (χ1) is 6.34. The Kier molecular flexibility index (Phi) is 1.15. The van der Waals surface area contributed by atoms with E-state index in [2.05, 4.69) is 30.4 Å². The first-order valence-corrected chi connectivity index (χ1v) is 4.44. The van der Waals surface area contributed by atoms with Gasteiger partial charge in [-0.05, 0) is 27.6 Å². The lowest BCUT2D eigenvalue weighted by Crippen LogP contribution is -2.26. The number of nitrogens with one attached hydrogen (secondary N) is 1. The van der Waals surface area contributed by atoms with E-state index in [1.54, 1.807) is 0 Å². The van der Waals surface area contributed by atoms with Crippen LogP contribution in [0.5, 0.6) is 0 Å². The normalized spacial score (nSPS) is 16.5. The van der Waals surface area contributed by atoms with Crippen LogP contribution in [0.15, 0.2) is 18.2 Å². The average Bonchev–Trinajstić information content (AvgIpc) is 2.65. The second-order valence-electron chi connectivity index (χ2n) is 3.51. The van der Waals surface area contributed by atoms with Gasteiger partial charge in [-0.3, -0.25) is 0 Å². The third-order valence-electron chi connectivity index (χ3n) is 2.65. The lowest BCUT2D eigenvalue weighted by molar-refractivity contribution is 1.29. The van der Waals surface area contributed by atoms with Crippen LogP contribution >= 0.6 is 0 Å². The van der Waals surface area contributed by atoms with Crippen molar-refractivity contribution in [1.82, 2.24) is 0 Å². The number of fused-ring (bicyclic) bond motifs is 3. The summed E-state index contributed by atoms with van der Waals surface area (Å²) in [6, 6.07) is 4.27. The number of allylic oxidation sites excluding steroid dienone is 1. The summed E-state index contributed by atoms with van der Waals surface area (Å²) >= 11 is 0. The van der Waals surface area contributed by atoms with Crippen molar-refractivity contribution in [2.75, 3.05) is 0 Å². The molecule has 0 atom stereocenters. The monoisotopic (exact) mass is 167 g/mol. The fourth-order valence-electron chi connectivity index (χ4n) is 2.03. The summed E-state index contributed by atoms with van der Waals surface area (Å²) in [5.41, 5.74) is 3.30. The van der Waals surface area contributed by atoms with Gasteiger partial charge in [-0.1, -0.05) is 30.4 Å². The Balaban J connectivity index is 2.51. The van der Waals surface area contributed by atoms with E-state index in [0.29, 0.717) is 0 Å². The van der Waals surface area contributed by atoms with Crippen molar-refractivity contribution >= 4 is 23.9 Å². The molecule has 0 aliphatic heterocycles. The summed E-state index contributed by atoms with van der Waals surface area (Å²) in [6.07, 6.45) is 9.10. The first kappa shape index (κ1) is 6.84. The lowest BCUT2D eigenvalue weighted by atomic mass is 10.1. The molecule has 0 saturated carbocycles. The van der Waals surface area contributed by atoms with Crippen LogP contribution in [0.25, 0.3) is 18.2 Å². The van der Waals surface area contributed by atoms with Crippen LogP contribution in [0.4, 0.5) is 0 Å². The second-order valence-corrected chi connectivity index (χ2v) is 3.51. The zero-order valence-corrected chi connectivity index (χ0v) is 7.17. The van der Waals surface area contributed by atoms with Crippen molar-refractivity contribution in [1.29, 1.82) is 5.41 Å². The minimum absolute atomic E-state index is 0.726. The van der Waals surface area contributed by atoms with Crippen LogP contribution in [-0.4, -0.2) is 5.71 Å². The molecule has 0 unspecified atom stereocenters. The fourth-order valence-corrected chi connectivity index (χ4v) is 2.03. The molecule has 0 saturated heterocycles. The summed E-state index contributed by atoms with van der Waals surface area (Å²) in [5.74, 6) is 0. The smallest absolute Gasteiger partial charge is 0.0364 e. The Morgan fingerprint density at radius 3 is 3.00 bits per heavy atom. The topological polar surface area (TPSA) is 23.9 Å². The maximum atomic E-state index is 7.61. The van der Waals surface area contributed by atoms with Gasteiger partial charge in [0.05, 0.1) is 0 Å². The van der Waals surface area contributed by atoms with Crippen LogP contribution in [0.3, 0.4) is 0 Å². The molecule has 13 heavy (non-hydrogen) atoms. The predicted molar refractivity (Wildman–Crippen MR) is 55.1 cm³/mol. The zero-order chi connectivity index (χ0) is 8.84. The predicted octanol–water partition coefficient (Wildman–Crippen LogP) is 0.850. The highest BCUT2D eigenvalue weighted by molar-refractivity contribution is 6.11. The second kappa shape index (κ2) is 2.19. The highest BCUT2D eigenvalue weighted by Crippen LogP contribution is 2.06. The van der Waals surface area contributed by atoms with Crippen LogP contribution in [0.2, 0.25) is 0 Å². The molecule has 0 spiro atoms. The van der Waals surface area contributed by atoms with Gasteiger partial charge in [-0.25, -0.2) is 0 Å². The molecular formula is C12H9N. The fraction of sp³-hybridized carbons (Fsp3) is 0.0833. The van der Waals surface area contributed by atoms with Crippen molar-refractivity contribution in [3.05, 3.63) is 39.8 Å². The van der Waals surface area contributed by atoms with E-state index in [0.717, 1.165) is 12.1 Å². The van der Waals surface area contributed by atoms with E-state index in [1.807, 2.05) is 6.08 Å². The summed E-state index contributed by atoms with van der Waals surface area (Å²) in [5, 5.41) is 10.2. The summed E-state index contributed by atoms with van der Waals surface area (Å²) in [7, 11) is 0. The van der Waals surface area contributed by atoms with Crippen molar-refractivity contribution in [2.24, 2.45) is 0 Å². The number of benzene rings is 1. The van der Waals surface area contributed by atoms with Crippen LogP contribution in [0.1, 0.15) is 11.1 Å². The quantitative estimate of drug-likeness (QED) is 0.592. The largest absolute Gasteiger partial charge is 0.305 e. The summed E-state index contributed by atoms with van der Waals surface area (Å²) < 4.78 is 0. The molecule has 1 heteroatoms. The molecule has 2 aliphatic carbocycles. The number of hydrogen-bond donors (Lipinski definition) is 1. The van der Waals surface area contributed by atoms with Crippen LogP contribution < -0.4 is 10.4 Å². The molecule has 1 N–H and O–H groups in total. The van der Waals surface area contributed by atoms with Crippen molar-refractivity contribution in [3.63, 3.8) is 0 Å². The Hall–Kier alpha value is -1.63. The molecule has 2 aliphatic rings. The van der Waals surface area contributed by atoms with E-state index in [9.17, 15) is 0 Å². The van der Waals surface area contributed by atoms with Gasteiger partial charge in [0.25, 0.3) is 0 Å². The average molecular weight is 167 g/mol. The molecule has 0 amide bonds.